The molecule has 0 amide bonds. The number of fused-ring (bicyclic) bond motifs is 2. The van der Waals surface area contributed by atoms with Crippen molar-refractivity contribution in [2.45, 2.75) is 57.2 Å². The molecule has 1 spiro atoms. The molecule has 2 aromatic heterocycles. The van der Waals surface area contributed by atoms with Gasteiger partial charge in [0.15, 0.2) is 0 Å². The number of likely N-dealkylation sites (tertiary alicyclic amines) is 1. The number of piperidine rings is 1. The van der Waals surface area contributed by atoms with Crippen LogP contribution >= 0.6 is 11.3 Å². The minimum atomic E-state index is -4.45. The lowest BCUT2D eigenvalue weighted by Crippen LogP contribution is -2.50. The quantitative estimate of drug-likeness (QED) is 0.827. The molecule has 0 radical (unpaired) electrons. The number of thiophene rings is 1. The molecule has 1 saturated heterocycles. The summed E-state index contributed by atoms with van der Waals surface area (Å²) in [6, 6.07) is 0.161. The molecule has 0 aromatic carbocycles. The van der Waals surface area contributed by atoms with Crippen LogP contribution in [0.2, 0.25) is 0 Å². The normalized spacial score (nSPS) is 26.5. The highest BCUT2D eigenvalue weighted by atomic mass is 32.1. The van der Waals surface area contributed by atoms with Crippen LogP contribution in [0.15, 0.2) is 12.4 Å². The smallest absolute Gasteiger partial charge is 0.392 e. The summed E-state index contributed by atoms with van der Waals surface area (Å²) in [6.07, 6.45) is 0.899. The van der Waals surface area contributed by atoms with E-state index in [1.54, 1.807) is 6.20 Å². The second-order valence-corrected chi connectivity index (χ2v) is 8.37. The Hall–Kier alpha value is -1.42. The number of rotatable bonds is 3. The molecular formula is C18H22F3N3O2S. The van der Waals surface area contributed by atoms with Crippen molar-refractivity contribution in [3.8, 4) is 0 Å². The molecule has 4 rings (SSSR count). The molecular weight excluding hydrogens is 379 g/mol. The summed E-state index contributed by atoms with van der Waals surface area (Å²) < 4.78 is 46.5. The van der Waals surface area contributed by atoms with E-state index in [0.717, 1.165) is 30.0 Å². The molecule has 27 heavy (non-hydrogen) atoms. The van der Waals surface area contributed by atoms with Crippen LogP contribution in [0.25, 0.3) is 0 Å². The molecule has 4 heterocycles. The first-order valence-electron chi connectivity index (χ1n) is 9.03. The fourth-order valence-corrected chi connectivity index (χ4v) is 5.78. The van der Waals surface area contributed by atoms with Gasteiger partial charge in [-0.25, -0.2) is 0 Å². The Morgan fingerprint density at radius 3 is 2.93 bits per heavy atom. The van der Waals surface area contributed by atoms with E-state index in [0.29, 0.717) is 36.3 Å². The van der Waals surface area contributed by atoms with Crippen LogP contribution in [0.5, 0.6) is 0 Å². The summed E-state index contributed by atoms with van der Waals surface area (Å²) in [5, 5.41) is 16.4. The Kier molecular flexibility index (Phi) is 4.82. The number of hydrogen-bond donors (Lipinski definition) is 2. The number of nitrogens with zero attached hydrogens (tertiary/aromatic N) is 2. The highest BCUT2D eigenvalue weighted by molar-refractivity contribution is 7.12. The lowest BCUT2D eigenvalue weighted by atomic mass is 9.81. The van der Waals surface area contributed by atoms with Crippen LogP contribution in [0.1, 0.15) is 46.2 Å². The number of aromatic nitrogens is 2. The third kappa shape index (κ3) is 3.30. The molecule has 9 heteroatoms. The summed E-state index contributed by atoms with van der Waals surface area (Å²) in [6.45, 7) is 3.38. The zero-order chi connectivity index (χ0) is 19.2. The number of hydrogen-bond acceptors (Lipinski definition) is 5. The van der Waals surface area contributed by atoms with Crippen LogP contribution in [0.4, 0.5) is 13.2 Å². The third-order valence-electron chi connectivity index (χ3n) is 5.67. The molecule has 2 atom stereocenters. The van der Waals surface area contributed by atoms with E-state index >= 15 is 0 Å². The van der Waals surface area contributed by atoms with E-state index in [1.807, 2.05) is 6.20 Å². The maximum Gasteiger partial charge on any atom is 0.425 e. The van der Waals surface area contributed by atoms with E-state index in [1.165, 1.54) is 0 Å². The Balaban J connectivity index is 1.64. The number of ether oxygens (including phenoxy) is 1. The first kappa shape index (κ1) is 18.9. The average Bonchev–Trinajstić information content (AvgIpc) is 3.25. The highest BCUT2D eigenvalue weighted by Gasteiger charge is 2.48. The van der Waals surface area contributed by atoms with Crippen molar-refractivity contribution in [1.82, 2.24) is 15.1 Å². The fraction of sp³-hybridized carbons (Fsp3) is 0.611. The number of H-pyrrole nitrogens is 1. The number of aromatic amines is 1. The number of halogens is 3. The molecule has 0 bridgehead atoms. The minimum absolute atomic E-state index is 0.0404. The number of nitrogens with one attached hydrogen (secondary N) is 1. The number of aliphatic hydroxyl groups is 1. The third-order valence-corrected chi connectivity index (χ3v) is 7.17. The van der Waals surface area contributed by atoms with Gasteiger partial charge in [-0.05, 0) is 31.7 Å². The van der Waals surface area contributed by atoms with Gasteiger partial charge in [-0.2, -0.15) is 18.3 Å². The second-order valence-electron chi connectivity index (χ2n) is 7.35. The predicted molar refractivity (Wildman–Crippen MR) is 94.3 cm³/mol. The largest absolute Gasteiger partial charge is 0.425 e. The topological polar surface area (TPSA) is 61.4 Å². The van der Waals surface area contributed by atoms with Crippen LogP contribution in [0, 0.1) is 0 Å². The fourth-order valence-electron chi connectivity index (χ4n) is 4.37. The first-order valence-corrected chi connectivity index (χ1v) is 9.84. The van der Waals surface area contributed by atoms with Crippen molar-refractivity contribution < 1.29 is 23.0 Å². The summed E-state index contributed by atoms with van der Waals surface area (Å²) in [5.41, 5.74) is 1.09. The molecule has 1 fully saturated rings. The predicted octanol–water partition coefficient (Wildman–Crippen LogP) is 3.43. The molecule has 2 N–H and O–H groups in total. The van der Waals surface area contributed by atoms with E-state index < -0.39 is 23.3 Å². The summed E-state index contributed by atoms with van der Waals surface area (Å²) >= 11 is 0.764. The Bertz CT molecular complexity index is 806. The van der Waals surface area contributed by atoms with Crippen LogP contribution in [-0.2, 0) is 36.1 Å². The van der Waals surface area contributed by atoms with Gasteiger partial charge in [0.1, 0.15) is 10.5 Å². The van der Waals surface area contributed by atoms with Crippen LogP contribution in [-0.4, -0.2) is 39.4 Å². The Morgan fingerprint density at radius 1 is 1.48 bits per heavy atom. The number of alkyl halides is 3. The molecule has 2 aliphatic rings. The standard InChI is InChI=1S/C18H22F3N3O2S/c1-11-6-17(3-4-24(11)9-12-7-22-23-8-12)15-13(2-5-26-17)14(10-25)16(27-15)18(19,20)21/h7-8,11,25H,2-6,9-10H2,1H3,(H,22,23)/t11-,17+/m0/s1. The van der Waals surface area contributed by atoms with Gasteiger partial charge in [-0.1, -0.05) is 0 Å². The average molecular weight is 401 g/mol. The van der Waals surface area contributed by atoms with Gasteiger partial charge in [0.2, 0.25) is 0 Å². The monoisotopic (exact) mass is 401 g/mol. The van der Waals surface area contributed by atoms with Gasteiger partial charge >= 0.3 is 6.18 Å². The van der Waals surface area contributed by atoms with Crippen molar-refractivity contribution in [2.24, 2.45) is 0 Å². The first-order chi connectivity index (χ1) is 12.8. The summed E-state index contributed by atoms with van der Waals surface area (Å²) in [7, 11) is 0. The maximum atomic E-state index is 13.5. The van der Waals surface area contributed by atoms with Gasteiger partial charge in [0, 0.05) is 41.3 Å². The molecule has 0 aliphatic carbocycles. The Labute approximate surface area is 159 Å². The number of aliphatic hydroxyl groups excluding tert-OH is 1. The van der Waals surface area contributed by atoms with Gasteiger partial charge in [0.25, 0.3) is 0 Å². The minimum Gasteiger partial charge on any atom is -0.392 e. The van der Waals surface area contributed by atoms with Crippen molar-refractivity contribution in [3.05, 3.63) is 38.8 Å². The van der Waals surface area contributed by atoms with Gasteiger partial charge in [0.05, 0.1) is 19.4 Å². The molecule has 5 nitrogen and oxygen atoms in total. The van der Waals surface area contributed by atoms with Crippen molar-refractivity contribution in [1.29, 1.82) is 0 Å². The van der Waals surface area contributed by atoms with Gasteiger partial charge in [-0.3, -0.25) is 10.00 Å². The van der Waals surface area contributed by atoms with E-state index in [-0.39, 0.29) is 11.6 Å². The van der Waals surface area contributed by atoms with Crippen LogP contribution in [0.3, 0.4) is 0 Å². The lowest BCUT2D eigenvalue weighted by Gasteiger charge is -2.47. The lowest BCUT2D eigenvalue weighted by molar-refractivity contribution is -0.135. The summed E-state index contributed by atoms with van der Waals surface area (Å²) in [4.78, 5) is 2.30. The Morgan fingerprint density at radius 2 is 2.30 bits per heavy atom. The van der Waals surface area contributed by atoms with Crippen molar-refractivity contribution in [2.75, 3.05) is 13.2 Å². The van der Waals surface area contributed by atoms with Gasteiger partial charge in [-0.15, -0.1) is 11.3 Å². The van der Waals surface area contributed by atoms with E-state index in [4.69, 9.17) is 4.74 Å². The van der Waals surface area contributed by atoms with Crippen molar-refractivity contribution in [3.63, 3.8) is 0 Å². The second kappa shape index (κ2) is 6.88. The summed E-state index contributed by atoms with van der Waals surface area (Å²) in [5.74, 6) is 0. The van der Waals surface area contributed by atoms with Gasteiger partial charge < -0.3 is 9.84 Å². The SMILES string of the molecule is C[C@H]1C[C@@]2(CCN1Cc1cn[nH]c1)OCCc1c2sc(C(F)(F)F)c1CO. The zero-order valence-corrected chi connectivity index (χ0v) is 15.8. The highest BCUT2D eigenvalue weighted by Crippen LogP contribution is 2.51. The molecule has 2 aliphatic heterocycles. The van der Waals surface area contributed by atoms with Crippen molar-refractivity contribution >= 4 is 11.3 Å². The zero-order valence-electron chi connectivity index (χ0n) is 15.0. The van der Waals surface area contributed by atoms with E-state index in [9.17, 15) is 18.3 Å². The molecule has 0 saturated carbocycles. The van der Waals surface area contributed by atoms with E-state index in [2.05, 4.69) is 22.0 Å². The maximum absolute atomic E-state index is 13.5. The molecule has 0 unspecified atom stereocenters. The molecule has 2 aromatic rings. The van der Waals surface area contributed by atoms with Crippen LogP contribution < -0.4 is 0 Å². The molecule has 148 valence electrons.